The highest BCUT2D eigenvalue weighted by Gasteiger charge is 2.39. The molecule has 2 heterocycles. The molecular weight excluding hydrogens is 324 g/mol. The maximum absolute atomic E-state index is 13.4. The van der Waals surface area contributed by atoms with Crippen LogP contribution >= 0.6 is 12.4 Å². The van der Waals surface area contributed by atoms with Crippen molar-refractivity contribution in [1.29, 1.82) is 0 Å². The molecule has 0 saturated carbocycles. The van der Waals surface area contributed by atoms with Gasteiger partial charge >= 0.3 is 6.18 Å². The topological polar surface area (TPSA) is 32.3 Å². The van der Waals surface area contributed by atoms with Crippen molar-refractivity contribution in [3.8, 4) is 0 Å². The third-order valence-corrected chi connectivity index (χ3v) is 4.15. The summed E-state index contributed by atoms with van der Waals surface area (Å²) in [5.74, 6) is -0.905. The Bertz CT molecular complexity index is 566. The first-order valence-electron chi connectivity index (χ1n) is 6.72. The van der Waals surface area contributed by atoms with E-state index < -0.39 is 23.5 Å². The maximum atomic E-state index is 13.4. The highest BCUT2D eigenvalue weighted by Crippen LogP contribution is 2.32. The Balaban J connectivity index is 0.00000176. The van der Waals surface area contributed by atoms with Crippen molar-refractivity contribution < 1.29 is 22.4 Å². The number of carbonyl (C=O) groups excluding carboxylic acids is 1. The van der Waals surface area contributed by atoms with E-state index in [1.165, 1.54) is 4.90 Å². The Labute approximate surface area is 131 Å². The van der Waals surface area contributed by atoms with Gasteiger partial charge in [-0.1, -0.05) is 0 Å². The minimum absolute atomic E-state index is 0. The zero-order valence-corrected chi connectivity index (χ0v) is 12.3. The van der Waals surface area contributed by atoms with E-state index in [0.29, 0.717) is 31.0 Å². The van der Waals surface area contributed by atoms with Crippen molar-refractivity contribution in [2.75, 3.05) is 26.2 Å². The summed E-state index contributed by atoms with van der Waals surface area (Å²) in [6.45, 7) is 2.64. The molecule has 1 N–H and O–H groups in total. The molecule has 3 rings (SSSR count). The van der Waals surface area contributed by atoms with Crippen LogP contribution in [0, 0.1) is 17.7 Å². The van der Waals surface area contributed by atoms with Crippen LogP contribution in [0.15, 0.2) is 18.2 Å². The number of alkyl halides is 3. The van der Waals surface area contributed by atoms with Gasteiger partial charge in [-0.2, -0.15) is 13.2 Å². The maximum Gasteiger partial charge on any atom is 0.416 e. The lowest BCUT2D eigenvalue weighted by molar-refractivity contribution is -0.137. The smallest absolute Gasteiger partial charge is 0.338 e. The Kier molecular flexibility index (Phi) is 4.67. The van der Waals surface area contributed by atoms with E-state index in [-0.39, 0.29) is 18.0 Å². The van der Waals surface area contributed by atoms with E-state index in [9.17, 15) is 22.4 Å². The Morgan fingerprint density at radius 2 is 1.73 bits per heavy atom. The first kappa shape index (κ1) is 17.0. The number of hydrogen-bond donors (Lipinski definition) is 1. The second-order valence-corrected chi connectivity index (χ2v) is 5.61. The summed E-state index contributed by atoms with van der Waals surface area (Å²) in [6.07, 6.45) is -4.66. The lowest BCUT2D eigenvalue weighted by Crippen LogP contribution is -2.32. The molecule has 0 unspecified atom stereocenters. The van der Waals surface area contributed by atoms with E-state index in [4.69, 9.17) is 0 Å². The molecule has 1 aromatic rings. The van der Waals surface area contributed by atoms with E-state index in [1.807, 2.05) is 0 Å². The van der Waals surface area contributed by atoms with Crippen LogP contribution in [-0.2, 0) is 6.18 Å². The number of benzene rings is 1. The molecule has 2 aliphatic heterocycles. The minimum Gasteiger partial charge on any atom is -0.338 e. The van der Waals surface area contributed by atoms with E-state index in [1.54, 1.807) is 0 Å². The number of fused-ring (bicyclic) bond motifs is 1. The fourth-order valence-electron chi connectivity index (χ4n) is 3.08. The molecule has 0 aliphatic carbocycles. The second kappa shape index (κ2) is 6.04. The largest absolute Gasteiger partial charge is 0.416 e. The summed E-state index contributed by atoms with van der Waals surface area (Å²) in [6, 6.07) is 1.99. The number of nitrogens with zero attached hydrogens (tertiary/aromatic N) is 1. The summed E-state index contributed by atoms with van der Waals surface area (Å²) in [4.78, 5) is 13.8. The normalized spacial score (nSPS) is 24.1. The van der Waals surface area contributed by atoms with Crippen LogP contribution in [0.4, 0.5) is 17.6 Å². The van der Waals surface area contributed by atoms with Gasteiger partial charge in [0.25, 0.3) is 5.91 Å². The predicted octanol–water partition coefficient (Wildman–Crippen LogP) is 2.56. The first-order valence-corrected chi connectivity index (χ1v) is 6.72. The van der Waals surface area contributed by atoms with Crippen molar-refractivity contribution in [2.45, 2.75) is 6.18 Å². The average Bonchev–Trinajstić information content (AvgIpc) is 2.96. The molecule has 1 aromatic carbocycles. The van der Waals surface area contributed by atoms with Crippen molar-refractivity contribution >= 4 is 18.3 Å². The lowest BCUT2D eigenvalue weighted by atomic mass is 10.0. The van der Waals surface area contributed by atoms with Gasteiger partial charge in [-0.3, -0.25) is 4.79 Å². The van der Waals surface area contributed by atoms with E-state index >= 15 is 0 Å². The predicted molar refractivity (Wildman–Crippen MR) is 74.4 cm³/mol. The number of amides is 1. The molecule has 122 valence electrons. The second-order valence-electron chi connectivity index (χ2n) is 5.61. The average molecular weight is 339 g/mol. The van der Waals surface area contributed by atoms with E-state index in [0.717, 1.165) is 25.2 Å². The summed E-state index contributed by atoms with van der Waals surface area (Å²) in [5, 5.41) is 3.21. The highest BCUT2D eigenvalue weighted by atomic mass is 35.5. The zero-order chi connectivity index (χ0) is 15.2. The molecule has 0 spiro atoms. The molecule has 0 radical (unpaired) electrons. The molecule has 2 atom stereocenters. The quantitative estimate of drug-likeness (QED) is 0.798. The molecule has 2 aliphatic rings. The number of hydrogen-bond acceptors (Lipinski definition) is 2. The van der Waals surface area contributed by atoms with Crippen LogP contribution in [0.1, 0.15) is 15.9 Å². The summed E-state index contributed by atoms with van der Waals surface area (Å²) >= 11 is 0. The van der Waals surface area contributed by atoms with Gasteiger partial charge in [-0.15, -0.1) is 12.4 Å². The van der Waals surface area contributed by atoms with Gasteiger partial charge in [0.05, 0.1) is 5.56 Å². The van der Waals surface area contributed by atoms with Gasteiger partial charge < -0.3 is 10.2 Å². The third-order valence-electron chi connectivity index (χ3n) is 4.15. The summed E-state index contributed by atoms with van der Waals surface area (Å²) < 4.78 is 51.4. The highest BCUT2D eigenvalue weighted by molar-refractivity contribution is 5.94. The minimum atomic E-state index is -4.66. The van der Waals surface area contributed by atoms with Crippen LogP contribution in [-0.4, -0.2) is 37.0 Å². The van der Waals surface area contributed by atoms with Crippen LogP contribution in [0.5, 0.6) is 0 Å². The Hall–Kier alpha value is -1.34. The van der Waals surface area contributed by atoms with Gasteiger partial charge in [0.2, 0.25) is 0 Å². The fraction of sp³-hybridized carbons (Fsp3) is 0.500. The SMILES string of the molecule is Cl.O=C(c1cc(F)cc(C(F)(F)F)c1)N1C[C@H]2CNC[C@H]2C1. The van der Waals surface area contributed by atoms with Crippen molar-refractivity contribution in [3.63, 3.8) is 0 Å². The monoisotopic (exact) mass is 338 g/mol. The Morgan fingerprint density at radius 1 is 1.14 bits per heavy atom. The first-order chi connectivity index (χ1) is 9.84. The van der Waals surface area contributed by atoms with Crippen LogP contribution < -0.4 is 5.32 Å². The third kappa shape index (κ3) is 3.20. The molecule has 0 aromatic heterocycles. The number of likely N-dealkylation sites (tertiary alicyclic amines) is 1. The van der Waals surface area contributed by atoms with Crippen molar-refractivity contribution in [3.05, 3.63) is 35.1 Å². The molecule has 8 heteroatoms. The number of carbonyl (C=O) groups is 1. The van der Waals surface area contributed by atoms with Gasteiger partial charge in [0.15, 0.2) is 0 Å². The van der Waals surface area contributed by atoms with Crippen LogP contribution in [0.25, 0.3) is 0 Å². The van der Waals surface area contributed by atoms with Crippen LogP contribution in [0.3, 0.4) is 0 Å². The molecule has 0 bridgehead atoms. The molecular formula is C14H15ClF4N2O. The van der Waals surface area contributed by atoms with Crippen molar-refractivity contribution in [2.24, 2.45) is 11.8 Å². The van der Waals surface area contributed by atoms with Gasteiger partial charge in [-0.25, -0.2) is 4.39 Å². The van der Waals surface area contributed by atoms with E-state index in [2.05, 4.69) is 5.32 Å². The number of halogens is 5. The lowest BCUT2D eigenvalue weighted by Gasteiger charge is -2.18. The van der Waals surface area contributed by atoms with Crippen molar-refractivity contribution in [1.82, 2.24) is 10.2 Å². The standard InChI is InChI=1S/C14H14F4N2O.ClH/c15-12-2-8(1-11(3-12)14(16,17)18)13(21)20-6-9-4-19-5-10(9)7-20;/h1-3,9-10,19H,4-7H2;1H/t9-,10+;. The van der Waals surface area contributed by atoms with Gasteiger partial charge in [0.1, 0.15) is 5.82 Å². The van der Waals surface area contributed by atoms with Gasteiger partial charge in [-0.05, 0) is 30.0 Å². The summed E-state index contributed by atoms with van der Waals surface area (Å²) in [5.41, 5.74) is -1.37. The number of nitrogens with one attached hydrogen (secondary N) is 1. The molecule has 2 saturated heterocycles. The van der Waals surface area contributed by atoms with Crippen LogP contribution in [0.2, 0.25) is 0 Å². The molecule has 2 fully saturated rings. The van der Waals surface area contributed by atoms with Gasteiger partial charge in [0, 0.05) is 31.7 Å². The Morgan fingerprint density at radius 3 is 2.27 bits per heavy atom. The summed E-state index contributed by atoms with van der Waals surface area (Å²) in [7, 11) is 0. The zero-order valence-electron chi connectivity index (χ0n) is 11.5. The molecule has 3 nitrogen and oxygen atoms in total. The molecule has 22 heavy (non-hydrogen) atoms. The fourth-order valence-corrected chi connectivity index (χ4v) is 3.08. The number of rotatable bonds is 1. The molecule has 1 amide bonds.